The van der Waals surface area contributed by atoms with E-state index in [-0.39, 0.29) is 0 Å². The molecule has 2 aromatic carbocycles. The van der Waals surface area contributed by atoms with Gasteiger partial charge in [-0.05, 0) is 143 Å². The number of allylic oxidation sites excluding steroid dienone is 5. The molecule has 2 bridgehead atoms. The van der Waals surface area contributed by atoms with E-state index in [2.05, 4.69) is 76.7 Å². The zero-order chi connectivity index (χ0) is 28.4. The second-order valence-corrected chi connectivity index (χ2v) is 14.3. The van der Waals surface area contributed by atoms with Crippen LogP contribution in [0.2, 0.25) is 0 Å². The number of hydrogen-bond acceptors (Lipinski definition) is 0. The average Bonchev–Trinajstić information content (AvgIpc) is 3.34. The molecule has 3 saturated carbocycles. The zero-order valence-electron chi connectivity index (χ0n) is 26.1. The van der Waals surface area contributed by atoms with Crippen molar-refractivity contribution in [3.05, 3.63) is 99.7 Å². The lowest BCUT2D eigenvalue weighted by molar-refractivity contribution is 0.263. The molecule has 5 aliphatic carbocycles. The van der Waals surface area contributed by atoms with Crippen LogP contribution in [0.15, 0.2) is 66.3 Å². The van der Waals surface area contributed by atoms with E-state index >= 15 is 0 Å². The molecule has 0 nitrogen and oxygen atoms in total. The highest BCUT2D eigenvalue weighted by Crippen LogP contribution is 2.61. The maximum Gasteiger partial charge on any atom is 0.0101 e. The van der Waals surface area contributed by atoms with E-state index in [0.29, 0.717) is 11.8 Å². The molecule has 41 heavy (non-hydrogen) atoms. The predicted molar refractivity (Wildman–Crippen MR) is 177 cm³/mol. The fourth-order valence-electron chi connectivity index (χ4n) is 9.97. The van der Waals surface area contributed by atoms with Gasteiger partial charge in [-0.1, -0.05) is 101 Å². The molecule has 5 aliphatic rings. The minimum absolute atomic E-state index is 0.576. The van der Waals surface area contributed by atoms with E-state index in [1.54, 1.807) is 27.8 Å². The van der Waals surface area contributed by atoms with Crippen molar-refractivity contribution in [3.63, 3.8) is 0 Å². The Morgan fingerprint density at radius 3 is 2.51 bits per heavy atom. The molecule has 0 saturated heterocycles. The van der Waals surface area contributed by atoms with E-state index in [0.717, 1.165) is 48.9 Å². The normalized spacial score (nSPS) is 29.6. The molecule has 3 fully saturated rings. The van der Waals surface area contributed by atoms with Crippen molar-refractivity contribution in [3.8, 4) is 0 Å². The van der Waals surface area contributed by atoms with Crippen LogP contribution < -0.4 is 0 Å². The first-order valence-corrected chi connectivity index (χ1v) is 16.9. The zero-order valence-corrected chi connectivity index (χ0v) is 26.1. The smallest absolute Gasteiger partial charge is 0.0101 e. The highest BCUT2D eigenvalue weighted by atomic mass is 14.6. The summed E-state index contributed by atoms with van der Waals surface area (Å²) in [5, 5.41) is 0. The van der Waals surface area contributed by atoms with E-state index in [1.165, 1.54) is 78.4 Å². The van der Waals surface area contributed by atoms with Gasteiger partial charge < -0.3 is 0 Å². The van der Waals surface area contributed by atoms with E-state index in [1.807, 2.05) is 0 Å². The Labute approximate surface area is 249 Å². The lowest BCUT2D eigenvalue weighted by Crippen LogP contribution is -2.23. The van der Waals surface area contributed by atoms with Crippen molar-refractivity contribution >= 4 is 17.2 Å². The SMILES string of the molecule is C=C(CC)CC1CC2C[C@H](C(=C)c3cc(CC)c4c(c3)CC(C3=Cc5ccccc5C3CC3CC3)=C4C)C1[C@@H]2CC. The van der Waals surface area contributed by atoms with Gasteiger partial charge in [0, 0.05) is 5.92 Å². The van der Waals surface area contributed by atoms with E-state index in [4.69, 9.17) is 6.58 Å². The first-order valence-electron chi connectivity index (χ1n) is 16.9. The maximum absolute atomic E-state index is 4.88. The largest absolute Gasteiger partial charge is 0.0999 e. The summed E-state index contributed by atoms with van der Waals surface area (Å²) in [6.07, 6.45) is 15.3. The Balaban J connectivity index is 1.19. The summed E-state index contributed by atoms with van der Waals surface area (Å²) in [4.78, 5) is 0. The van der Waals surface area contributed by atoms with Crippen LogP contribution in [0.5, 0.6) is 0 Å². The number of benzene rings is 2. The molecule has 0 heterocycles. The molecule has 0 amide bonds. The third-order valence-corrected chi connectivity index (χ3v) is 12.2. The Hall–Kier alpha value is -2.60. The Morgan fingerprint density at radius 2 is 1.80 bits per heavy atom. The molecule has 0 aromatic heterocycles. The molecule has 214 valence electrons. The minimum atomic E-state index is 0.576. The highest BCUT2D eigenvalue weighted by Gasteiger charge is 2.52. The fraction of sp³-hybridized carbons (Fsp3) is 0.512. The molecule has 7 rings (SSSR count). The number of fused-ring (bicyclic) bond motifs is 4. The molecule has 0 N–H and O–H groups in total. The van der Waals surface area contributed by atoms with Crippen molar-refractivity contribution in [2.24, 2.45) is 35.5 Å². The summed E-state index contributed by atoms with van der Waals surface area (Å²) in [5.74, 6) is 5.50. The van der Waals surface area contributed by atoms with Gasteiger partial charge in [-0.3, -0.25) is 0 Å². The molecule has 0 spiro atoms. The highest BCUT2D eigenvalue weighted by molar-refractivity contribution is 5.86. The summed E-state index contributed by atoms with van der Waals surface area (Å²) < 4.78 is 0. The van der Waals surface area contributed by atoms with E-state index in [9.17, 15) is 0 Å². The van der Waals surface area contributed by atoms with Gasteiger partial charge in [0.05, 0.1) is 0 Å². The predicted octanol–water partition coefficient (Wildman–Crippen LogP) is 11.2. The molecule has 6 atom stereocenters. The summed E-state index contributed by atoms with van der Waals surface area (Å²) in [6.45, 7) is 18.8. The van der Waals surface area contributed by atoms with E-state index < -0.39 is 0 Å². The van der Waals surface area contributed by atoms with Crippen molar-refractivity contribution < 1.29 is 0 Å². The fourth-order valence-corrected chi connectivity index (χ4v) is 9.97. The van der Waals surface area contributed by atoms with Crippen LogP contribution in [-0.4, -0.2) is 0 Å². The Morgan fingerprint density at radius 1 is 1.00 bits per heavy atom. The lowest BCUT2D eigenvalue weighted by Gasteiger charge is -2.32. The van der Waals surface area contributed by atoms with Gasteiger partial charge in [-0.15, -0.1) is 0 Å². The first-order chi connectivity index (χ1) is 19.9. The third-order valence-electron chi connectivity index (χ3n) is 12.2. The monoisotopic (exact) mass is 542 g/mol. The first kappa shape index (κ1) is 27.2. The summed E-state index contributed by atoms with van der Waals surface area (Å²) in [7, 11) is 0. The van der Waals surface area contributed by atoms with Crippen LogP contribution in [-0.2, 0) is 12.8 Å². The van der Waals surface area contributed by atoms with Gasteiger partial charge in [0.25, 0.3) is 0 Å². The second kappa shape index (κ2) is 10.6. The summed E-state index contributed by atoms with van der Waals surface area (Å²) in [5.41, 5.74) is 16.8. The molecule has 0 heteroatoms. The van der Waals surface area contributed by atoms with Gasteiger partial charge >= 0.3 is 0 Å². The van der Waals surface area contributed by atoms with Crippen LogP contribution in [0.4, 0.5) is 0 Å². The molecular formula is C41H50. The van der Waals surface area contributed by atoms with Crippen molar-refractivity contribution in [1.29, 1.82) is 0 Å². The molecular weight excluding hydrogens is 492 g/mol. The van der Waals surface area contributed by atoms with Gasteiger partial charge in [0.2, 0.25) is 0 Å². The van der Waals surface area contributed by atoms with Gasteiger partial charge in [-0.2, -0.15) is 0 Å². The molecule has 4 unspecified atom stereocenters. The maximum atomic E-state index is 4.88. The standard InChI is InChI=1S/C41H50/c1-7-24(4)16-32-20-31-22-37(41(32)34(31)9-3)25(5)30-18-28(8-2)40-26(6)36(23-33(40)19-30)39-21-29-12-10-11-13-35(29)38(39)17-27-14-15-27/h10-13,18-19,21,27,31-32,34,37-38,41H,4-5,7-9,14-17,20,22-23H2,1-3,6H3/t31?,32?,34-,37-,38?,41?/m1/s1. The van der Waals surface area contributed by atoms with Crippen LogP contribution >= 0.6 is 0 Å². The second-order valence-electron chi connectivity index (χ2n) is 14.3. The lowest BCUT2D eigenvalue weighted by atomic mass is 9.72. The van der Waals surface area contributed by atoms with Gasteiger partial charge in [-0.25, -0.2) is 0 Å². The van der Waals surface area contributed by atoms with Crippen molar-refractivity contribution in [2.45, 2.75) is 97.8 Å². The topological polar surface area (TPSA) is 0 Å². The van der Waals surface area contributed by atoms with Crippen LogP contribution in [0, 0.1) is 35.5 Å². The van der Waals surface area contributed by atoms with Crippen LogP contribution in [0.1, 0.15) is 118 Å². The quantitative estimate of drug-likeness (QED) is 0.262. The Bertz CT molecular complexity index is 1450. The van der Waals surface area contributed by atoms with Gasteiger partial charge in [0.15, 0.2) is 0 Å². The number of aryl methyl sites for hydroxylation is 1. The molecule has 0 aliphatic heterocycles. The molecule has 0 radical (unpaired) electrons. The van der Waals surface area contributed by atoms with Crippen LogP contribution in [0.3, 0.4) is 0 Å². The van der Waals surface area contributed by atoms with Crippen molar-refractivity contribution in [1.82, 2.24) is 0 Å². The number of hydrogen-bond donors (Lipinski definition) is 0. The summed E-state index contributed by atoms with van der Waals surface area (Å²) >= 11 is 0. The third kappa shape index (κ3) is 4.56. The average molecular weight is 543 g/mol. The number of rotatable bonds is 10. The minimum Gasteiger partial charge on any atom is -0.0999 e. The van der Waals surface area contributed by atoms with Crippen molar-refractivity contribution in [2.75, 3.05) is 0 Å². The Kier molecular flexibility index (Phi) is 7.04. The molecule has 2 aromatic rings. The van der Waals surface area contributed by atoms with Crippen LogP contribution in [0.25, 0.3) is 17.2 Å². The van der Waals surface area contributed by atoms with Gasteiger partial charge in [0.1, 0.15) is 0 Å². The summed E-state index contributed by atoms with van der Waals surface area (Å²) in [6, 6.07) is 14.3.